The molecule has 2 heterocycles. The van der Waals surface area contributed by atoms with Gasteiger partial charge in [0, 0.05) is 38.3 Å². The molecule has 3 saturated carbocycles. The first-order chi connectivity index (χ1) is 15.5. The number of allylic oxidation sites excluding steroid dienone is 2. The number of nitrogens with zero attached hydrogens (tertiary/aromatic N) is 1. The predicted octanol–water partition coefficient (Wildman–Crippen LogP) is 4.96. The molecule has 4 nitrogen and oxygen atoms in total. The second-order valence-electron chi connectivity index (χ2n) is 12.0. The van der Waals surface area contributed by atoms with Crippen LogP contribution in [0.4, 0.5) is 0 Å². The molecule has 1 unspecified atom stereocenters. The molecule has 0 aromatic carbocycles. The molecule has 4 aliphatic carbocycles. The van der Waals surface area contributed by atoms with Crippen LogP contribution in [-0.4, -0.2) is 37.1 Å². The Morgan fingerprint density at radius 1 is 1.06 bits per heavy atom. The molecule has 174 valence electrons. The maximum absolute atomic E-state index is 11.5. The molecule has 32 heavy (non-hydrogen) atoms. The second kappa shape index (κ2) is 7.84. The van der Waals surface area contributed by atoms with E-state index in [-0.39, 0.29) is 11.0 Å². The molecular weight excluding hydrogens is 396 g/mol. The molecule has 6 rings (SSSR count). The monoisotopic (exact) mass is 436 g/mol. The Kier molecular flexibility index (Phi) is 5.18. The fraction of sp³-hybridized carbons (Fsp3) is 0.750. The average molecular weight is 437 g/mol. The molecule has 0 amide bonds. The minimum Gasteiger partial charge on any atom is -0.431 e. The number of hydrogen-bond donors (Lipinski definition) is 1. The zero-order valence-corrected chi connectivity index (χ0v) is 19.9. The maximum atomic E-state index is 11.5. The summed E-state index contributed by atoms with van der Waals surface area (Å²) in [5.41, 5.74) is 3.49. The predicted molar refractivity (Wildman–Crippen MR) is 128 cm³/mol. The molecule has 0 bridgehead atoms. The van der Waals surface area contributed by atoms with E-state index in [1.54, 1.807) is 17.9 Å². The topological polar surface area (TPSA) is 45.5 Å². The summed E-state index contributed by atoms with van der Waals surface area (Å²) in [5, 5.41) is 3.53. The van der Waals surface area contributed by atoms with E-state index in [2.05, 4.69) is 30.1 Å². The summed E-state index contributed by atoms with van der Waals surface area (Å²) >= 11 is 0. The fourth-order valence-corrected chi connectivity index (χ4v) is 9.02. The summed E-state index contributed by atoms with van der Waals surface area (Å²) in [6, 6.07) is 4.44. The van der Waals surface area contributed by atoms with Gasteiger partial charge in [-0.25, -0.2) is 4.79 Å². The highest BCUT2D eigenvalue weighted by Crippen LogP contribution is 2.67. The number of rotatable bonds is 2. The highest BCUT2D eigenvalue weighted by Gasteiger charge is 2.58. The molecule has 4 fully saturated rings. The van der Waals surface area contributed by atoms with E-state index < -0.39 is 0 Å². The third-order valence-electron chi connectivity index (χ3n) is 10.8. The quantitative estimate of drug-likeness (QED) is 0.666. The lowest BCUT2D eigenvalue weighted by Crippen LogP contribution is -2.56. The van der Waals surface area contributed by atoms with Gasteiger partial charge in [-0.15, -0.1) is 0 Å². The van der Waals surface area contributed by atoms with Crippen LogP contribution in [0.15, 0.2) is 39.3 Å². The van der Waals surface area contributed by atoms with Crippen LogP contribution in [0.5, 0.6) is 0 Å². The van der Waals surface area contributed by atoms with Crippen molar-refractivity contribution < 1.29 is 4.42 Å². The van der Waals surface area contributed by atoms with Gasteiger partial charge in [-0.05, 0) is 97.5 Å². The Balaban J connectivity index is 1.21. The molecule has 1 aromatic heterocycles. The Morgan fingerprint density at radius 2 is 1.91 bits per heavy atom. The molecule has 1 aliphatic heterocycles. The summed E-state index contributed by atoms with van der Waals surface area (Å²) in [4.78, 5) is 14.3. The van der Waals surface area contributed by atoms with Crippen LogP contribution >= 0.6 is 0 Å². The smallest absolute Gasteiger partial charge is 0.335 e. The van der Waals surface area contributed by atoms with E-state index in [9.17, 15) is 4.79 Å². The Bertz CT molecular complexity index is 927. The molecule has 4 heteroatoms. The van der Waals surface area contributed by atoms with E-state index in [0.717, 1.165) is 30.2 Å². The Hall–Kier alpha value is -1.39. The Morgan fingerprint density at radius 3 is 2.69 bits per heavy atom. The lowest BCUT2D eigenvalue weighted by Gasteiger charge is -2.60. The van der Waals surface area contributed by atoms with Crippen LogP contribution in [0.25, 0.3) is 0 Å². The van der Waals surface area contributed by atoms with E-state index in [4.69, 9.17) is 4.42 Å². The average Bonchev–Trinajstić information content (AvgIpc) is 3.17. The molecule has 1 aromatic rings. The van der Waals surface area contributed by atoms with Gasteiger partial charge in [-0.3, -0.25) is 4.90 Å². The normalized spacial score (nSPS) is 44.3. The van der Waals surface area contributed by atoms with Crippen LogP contribution in [0.1, 0.15) is 76.7 Å². The SMILES string of the molecule is C[C@]12CCC(N3CCNCC3)C[C@H]1CC[C@H]1C3=CC[C@H](c4ccc(=O)oc4)[C@@]3(C)CC[C@@H]12. The van der Waals surface area contributed by atoms with Gasteiger partial charge < -0.3 is 9.73 Å². The van der Waals surface area contributed by atoms with Gasteiger partial charge in [0.2, 0.25) is 0 Å². The van der Waals surface area contributed by atoms with Gasteiger partial charge >= 0.3 is 5.63 Å². The van der Waals surface area contributed by atoms with Gasteiger partial charge in [0.1, 0.15) is 0 Å². The zero-order valence-electron chi connectivity index (χ0n) is 19.9. The van der Waals surface area contributed by atoms with Gasteiger partial charge in [-0.2, -0.15) is 0 Å². The van der Waals surface area contributed by atoms with E-state index in [1.807, 2.05) is 6.07 Å². The molecule has 1 saturated heterocycles. The summed E-state index contributed by atoms with van der Waals surface area (Å²) in [7, 11) is 0. The van der Waals surface area contributed by atoms with Crippen molar-refractivity contribution in [3.8, 4) is 0 Å². The third-order valence-corrected chi connectivity index (χ3v) is 10.8. The van der Waals surface area contributed by atoms with Crippen LogP contribution in [0.2, 0.25) is 0 Å². The van der Waals surface area contributed by atoms with Crippen LogP contribution in [0.3, 0.4) is 0 Å². The molecule has 1 N–H and O–H groups in total. The first-order valence-electron chi connectivity index (χ1n) is 13.2. The van der Waals surface area contributed by atoms with Crippen LogP contribution in [-0.2, 0) is 0 Å². The number of fused-ring (bicyclic) bond motifs is 5. The molecular formula is C28H40N2O2. The van der Waals surface area contributed by atoms with Gasteiger partial charge in [0.05, 0.1) is 6.26 Å². The van der Waals surface area contributed by atoms with Crippen LogP contribution < -0.4 is 10.9 Å². The van der Waals surface area contributed by atoms with Gasteiger partial charge in [-0.1, -0.05) is 25.5 Å². The van der Waals surface area contributed by atoms with E-state index in [0.29, 0.717) is 11.3 Å². The zero-order chi connectivity index (χ0) is 21.9. The standard InChI is InChI=1S/C28H40N2O2/c1-27-11-9-21(30-15-13-29-14-16-30)17-20(27)4-5-22-24-7-6-23(19-3-8-26(31)32-18-19)28(24,2)12-10-25(22)27/h3,7-8,18,20-23,25,29H,4-6,9-17H2,1-2H3/t20-,21?,22+,23-,25+,27+,28-/m1/s1. The summed E-state index contributed by atoms with van der Waals surface area (Å²) in [6.07, 6.45) is 15.2. The summed E-state index contributed by atoms with van der Waals surface area (Å²) < 4.78 is 5.26. The van der Waals surface area contributed by atoms with Gasteiger partial charge in [0.15, 0.2) is 0 Å². The largest absolute Gasteiger partial charge is 0.431 e. The molecule has 5 aliphatic rings. The number of nitrogens with one attached hydrogen (secondary N) is 1. The highest BCUT2D eigenvalue weighted by molar-refractivity contribution is 5.36. The van der Waals surface area contributed by atoms with Crippen molar-refractivity contribution in [1.82, 2.24) is 10.2 Å². The van der Waals surface area contributed by atoms with Gasteiger partial charge in [0.25, 0.3) is 0 Å². The molecule has 0 spiro atoms. The number of hydrogen-bond acceptors (Lipinski definition) is 4. The first-order valence-corrected chi connectivity index (χ1v) is 13.2. The minimum absolute atomic E-state index is 0.238. The molecule has 0 radical (unpaired) electrons. The summed E-state index contributed by atoms with van der Waals surface area (Å²) in [6.45, 7) is 10.0. The van der Waals surface area contributed by atoms with Crippen molar-refractivity contribution in [2.24, 2.45) is 28.6 Å². The van der Waals surface area contributed by atoms with Crippen molar-refractivity contribution in [2.45, 2.75) is 77.2 Å². The van der Waals surface area contributed by atoms with Crippen molar-refractivity contribution in [2.75, 3.05) is 26.2 Å². The third kappa shape index (κ3) is 3.20. The molecule has 7 atom stereocenters. The van der Waals surface area contributed by atoms with Crippen molar-refractivity contribution >= 4 is 0 Å². The van der Waals surface area contributed by atoms with E-state index in [1.165, 1.54) is 76.7 Å². The van der Waals surface area contributed by atoms with Crippen molar-refractivity contribution in [3.63, 3.8) is 0 Å². The number of piperazine rings is 1. The second-order valence-corrected chi connectivity index (χ2v) is 12.0. The van der Waals surface area contributed by atoms with E-state index >= 15 is 0 Å². The lowest BCUT2D eigenvalue weighted by atomic mass is 9.45. The maximum Gasteiger partial charge on any atom is 0.335 e. The van der Waals surface area contributed by atoms with Crippen molar-refractivity contribution in [3.05, 3.63) is 46.0 Å². The Labute approximate surface area is 192 Å². The van der Waals surface area contributed by atoms with Crippen molar-refractivity contribution in [1.29, 1.82) is 0 Å². The fourth-order valence-electron chi connectivity index (χ4n) is 9.02. The lowest BCUT2D eigenvalue weighted by molar-refractivity contribution is -0.0738. The van der Waals surface area contributed by atoms with Crippen LogP contribution in [0, 0.1) is 28.6 Å². The highest BCUT2D eigenvalue weighted by atomic mass is 16.4. The summed E-state index contributed by atoms with van der Waals surface area (Å²) in [5.74, 6) is 3.00. The minimum atomic E-state index is -0.239. The first kappa shape index (κ1) is 21.2.